The Kier molecular flexibility index (Phi) is 3.30. The summed E-state index contributed by atoms with van der Waals surface area (Å²) in [4.78, 5) is 1.28. The second kappa shape index (κ2) is 5.08. The molecule has 94 valence electrons. The van der Waals surface area contributed by atoms with Crippen LogP contribution in [0.3, 0.4) is 0 Å². The van der Waals surface area contributed by atoms with Crippen LogP contribution in [0.4, 0.5) is 0 Å². The Labute approximate surface area is 111 Å². The molecule has 4 heteroatoms. The maximum atomic E-state index is 9.46. The summed E-state index contributed by atoms with van der Waals surface area (Å²) in [6, 6.07) is 8.32. The van der Waals surface area contributed by atoms with Gasteiger partial charge in [0.15, 0.2) is 0 Å². The van der Waals surface area contributed by atoms with Crippen molar-refractivity contribution >= 4 is 11.5 Å². The monoisotopic (exact) mass is 260 g/mol. The first kappa shape index (κ1) is 11.7. The fourth-order valence-electron chi connectivity index (χ4n) is 2.49. The third kappa shape index (κ3) is 2.54. The molecular weight excluding hydrogens is 244 g/mol. The van der Waals surface area contributed by atoms with Gasteiger partial charge < -0.3 is 10.4 Å². The molecule has 1 heterocycles. The lowest BCUT2D eigenvalue weighted by Crippen LogP contribution is -2.33. The number of benzene rings is 1. The van der Waals surface area contributed by atoms with Gasteiger partial charge in [0.25, 0.3) is 0 Å². The van der Waals surface area contributed by atoms with Crippen LogP contribution in [0.15, 0.2) is 30.5 Å². The van der Waals surface area contributed by atoms with E-state index >= 15 is 0 Å². The molecule has 0 saturated carbocycles. The topological polar surface area (TPSA) is 45.1 Å². The van der Waals surface area contributed by atoms with Crippen molar-refractivity contribution in [3.63, 3.8) is 0 Å². The quantitative estimate of drug-likeness (QED) is 0.891. The van der Waals surface area contributed by atoms with Crippen LogP contribution in [0.2, 0.25) is 0 Å². The Hall–Kier alpha value is -1.39. The lowest BCUT2D eigenvalue weighted by molar-refractivity contribution is 0.451. The summed E-state index contributed by atoms with van der Waals surface area (Å²) in [5, 5.41) is 13.0. The molecule has 0 aliphatic heterocycles. The molecule has 18 heavy (non-hydrogen) atoms. The van der Waals surface area contributed by atoms with Crippen LogP contribution in [-0.2, 0) is 19.4 Å². The molecule has 0 radical (unpaired) electrons. The zero-order valence-electron chi connectivity index (χ0n) is 10.1. The standard InChI is InChI=1S/C14H16N2OS/c17-13-4-2-10-7-12(3-1-11(10)8-13)15-9-14-5-6-16-18-14/h2,4-6,8,12,15,17H,1,3,7,9H2. The predicted molar refractivity (Wildman–Crippen MR) is 72.9 cm³/mol. The summed E-state index contributed by atoms with van der Waals surface area (Å²) in [7, 11) is 0. The Morgan fingerprint density at radius 1 is 1.33 bits per heavy atom. The van der Waals surface area contributed by atoms with Gasteiger partial charge in [-0.05, 0) is 60.1 Å². The fraction of sp³-hybridized carbons (Fsp3) is 0.357. The first-order chi connectivity index (χ1) is 8.81. The van der Waals surface area contributed by atoms with Gasteiger partial charge in [0.05, 0.1) is 0 Å². The van der Waals surface area contributed by atoms with E-state index in [4.69, 9.17) is 0 Å². The summed E-state index contributed by atoms with van der Waals surface area (Å²) in [5.41, 5.74) is 2.66. The third-order valence-corrected chi connectivity index (χ3v) is 4.22. The number of aromatic nitrogens is 1. The number of rotatable bonds is 3. The van der Waals surface area contributed by atoms with Crippen LogP contribution in [0.5, 0.6) is 5.75 Å². The average molecular weight is 260 g/mol. The van der Waals surface area contributed by atoms with Gasteiger partial charge in [0.2, 0.25) is 0 Å². The SMILES string of the molecule is Oc1ccc2c(c1)CCC(NCc1ccns1)C2. The van der Waals surface area contributed by atoms with E-state index in [9.17, 15) is 5.11 Å². The molecule has 3 nitrogen and oxygen atoms in total. The number of nitrogens with one attached hydrogen (secondary N) is 1. The third-order valence-electron chi connectivity index (χ3n) is 3.47. The van der Waals surface area contributed by atoms with Gasteiger partial charge in [-0.25, -0.2) is 4.37 Å². The summed E-state index contributed by atoms with van der Waals surface area (Å²) in [5.74, 6) is 0.379. The first-order valence-corrected chi connectivity index (χ1v) is 7.02. The zero-order valence-corrected chi connectivity index (χ0v) is 10.9. The summed E-state index contributed by atoms with van der Waals surface area (Å²) < 4.78 is 4.11. The molecule has 0 bridgehead atoms. The molecular formula is C14H16N2OS. The molecule has 1 aromatic carbocycles. The van der Waals surface area contributed by atoms with Crippen LogP contribution in [-0.4, -0.2) is 15.5 Å². The Morgan fingerprint density at radius 2 is 2.28 bits per heavy atom. The minimum Gasteiger partial charge on any atom is -0.508 e. The second-order valence-electron chi connectivity index (χ2n) is 4.75. The van der Waals surface area contributed by atoms with Crippen molar-refractivity contribution in [3.8, 4) is 5.75 Å². The number of fused-ring (bicyclic) bond motifs is 1. The number of hydrogen-bond acceptors (Lipinski definition) is 4. The Balaban J connectivity index is 1.62. The van der Waals surface area contributed by atoms with E-state index in [1.807, 2.05) is 18.3 Å². The molecule has 0 saturated heterocycles. The molecule has 1 aliphatic carbocycles. The average Bonchev–Trinajstić information content (AvgIpc) is 2.89. The normalized spacial score (nSPS) is 18.6. The second-order valence-corrected chi connectivity index (χ2v) is 5.67. The zero-order chi connectivity index (χ0) is 12.4. The van der Waals surface area contributed by atoms with Crippen molar-refractivity contribution in [2.45, 2.75) is 31.8 Å². The predicted octanol–water partition coefficient (Wildman–Crippen LogP) is 2.50. The summed E-state index contributed by atoms with van der Waals surface area (Å²) in [6.45, 7) is 0.906. The van der Waals surface area contributed by atoms with E-state index < -0.39 is 0 Å². The number of phenolic OH excluding ortho intramolecular Hbond substituents is 1. The van der Waals surface area contributed by atoms with Gasteiger partial charge in [-0.1, -0.05) is 6.07 Å². The highest BCUT2D eigenvalue weighted by Gasteiger charge is 2.18. The summed E-state index contributed by atoms with van der Waals surface area (Å²) >= 11 is 1.55. The lowest BCUT2D eigenvalue weighted by Gasteiger charge is -2.25. The van der Waals surface area contributed by atoms with Crippen molar-refractivity contribution in [2.24, 2.45) is 0 Å². The first-order valence-electron chi connectivity index (χ1n) is 6.25. The highest BCUT2D eigenvalue weighted by molar-refractivity contribution is 7.05. The maximum absolute atomic E-state index is 9.46. The highest BCUT2D eigenvalue weighted by atomic mass is 32.1. The van der Waals surface area contributed by atoms with Gasteiger partial charge in [-0.2, -0.15) is 0 Å². The maximum Gasteiger partial charge on any atom is 0.115 e. The molecule has 2 N–H and O–H groups in total. The number of aromatic hydroxyl groups is 1. The molecule has 3 rings (SSSR count). The van der Waals surface area contributed by atoms with E-state index in [2.05, 4.69) is 15.8 Å². The number of phenols is 1. The molecule has 1 aliphatic rings. The van der Waals surface area contributed by atoms with Crippen molar-refractivity contribution in [3.05, 3.63) is 46.5 Å². The summed E-state index contributed by atoms with van der Waals surface area (Å²) in [6.07, 6.45) is 5.08. The molecule has 1 atom stereocenters. The van der Waals surface area contributed by atoms with Gasteiger partial charge in [-0.3, -0.25) is 0 Å². The van der Waals surface area contributed by atoms with E-state index in [-0.39, 0.29) is 0 Å². The van der Waals surface area contributed by atoms with Crippen molar-refractivity contribution < 1.29 is 5.11 Å². The minimum absolute atomic E-state index is 0.379. The largest absolute Gasteiger partial charge is 0.508 e. The fourth-order valence-corrected chi connectivity index (χ4v) is 3.02. The van der Waals surface area contributed by atoms with E-state index in [1.54, 1.807) is 17.6 Å². The molecule has 1 unspecified atom stereocenters. The molecule has 0 amide bonds. The van der Waals surface area contributed by atoms with Crippen LogP contribution in [0.1, 0.15) is 22.4 Å². The molecule has 2 aromatic rings. The van der Waals surface area contributed by atoms with Crippen molar-refractivity contribution in [2.75, 3.05) is 0 Å². The van der Waals surface area contributed by atoms with Crippen LogP contribution in [0.25, 0.3) is 0 Å². The van der Waals surface area contributed by atoms with Gasteiger partial charge in [-0.15, -0.1) is 0 Å². The molecule has 1 aromatic heterocycles. The minimum atomic E-state index is 0.379. The molecule has 0 fully saturated rings. The van der Waals surface area contributed by atoms with Crippen LogP contribution >= 0.6 is 11.5 Å². The van der Waals surface area contributed by atoms with Gasteiger partial charge >= 0.3 is 0 Å². The lowest BCUT2D eigenvalue weighted by atomic mass is 9.88. The van der Waals surface area contributed by atoms with Crippen LogP contribution in [0, 0.1) is 0 Å². The van der Waals surface area contributed by atoms with Crippen LogP contribution < -0.4 is 5.32 Å². The van der Waals surface area contributed by atoms with Gasteiger partial charge in [0.1, 0.15) is 5.75 Å². The van der Waals surface area contributed by atoms with E-state index in [0.717, 1.165) is 25.8 Å². The van der Waals surface area contributed by atoms with Crippen molar-refractivity contribution in [1.82, 2.24) is 9.69 Å². The van der Waals surface area contributed by atoms with Crippen molar-refractivity contribution in [1.29, 1.82) is 0 Å². The van der Waals surface area contributed by atoms with E-state index in [1.165, 1.54) is 16.0 Å². The number of nitrogens with zero attached hydrogens (tertiary/aromatic N) is 1. The highest BCUT2D eigenvalue weighted by Crippen LogP contribution is 2.25. The number of hydrogen-bond donors (Lipinski definition) is 2. The smallest absolute Gasteiger partial charge is 0.115 e. The van der Waals surface area contributed by atoms with Gasteiger partial charge in [0, 0.05) is 23.7 Å². The molecule has 0 spiro atoms. The van der Waals surface area contributed by atoms with E-state index in [0.29, 0.717) is 11.8 Å². The Bertz CT molecular complexity index is 525. The Morgan fingerprint density at radius 3 is 3.11 bits per heavy atom. The number of aryl methyl sites for hydroxylation is 1.